The van der Waals surface area contributed by atoms with Gasteiger partial charge in [0.2, 0.25) is 5.91 Å². The average molecular weight is 204 g/mol. The van der Waals surface area contributed by atoms with Crippen LogP contribution < -0.4 is 0 Å². The molecule has 3 nitrogen and oxygen atoms in total. The van der Waals surface area contributed by atoms with Crippen LogP contribution in [0.3, 0.4) is 0 Å². The number of amides is 1. The van der Waals surface area contributed by atoms with E-state index in [1.165, 1.54) is 0 Å². The summed E-state index contributed by atoms with van der Waals surface area (Å²) in [5, 5.41) is 0. The lowest BCUT2D eigenvalue weighted by Gasteiger charge is -2.38. The summed E-state index contributed by atoms with van der Waals surface area (Å²) in [7, 11) is 0. The zero-order valence-corrected chi connectivity index (χ0v) is 8.89. The summed E-state index contributed by atoms with van der Waals surface area (Å²) in [6.07, 6.45) is 0.995. The molecule has 0 radical (unpaired) electrons. The number of Topliss-reactive ketones (excluding diaryl/α,β-unsaturated/α-hetero) is 1. The van der Waals surface area contributed by atoms with Crippen molar-refractivity contribution in [1.29, 1.82) is 0 Å². The lowest BCUT2D eigenvalue weighted by molar-refractivity contribution is -0.148. The Kier molecular flexibility index (Phi) is 2.66. The maximum absolute atomic E-state index is 11.6. The smallest absolute Gasteiger partial charge is 0.241 e. The predicted molar refractivity (Wildman–Crippen MR) is 50.2 cm³/mol. The molecular formula is C9H14ClNO2. The number of hydrogen-bond acceptors (Lipinski definition) is 2. The predicted octanol–water partition coefficient (Wildman–Crippen LogP) is 1.75. The second-order valence-electron chi connectivity index (χ2n) is 3.91. The Morgan fingerprint density at radius 2 is 2.08 bits per heavy atom. The maximum atomic E-state index is 11.6. The lowest BCUT2D eigenvalue weighted by atomic mass is 9.84. The molecule has 0 aliphatic carbocycles. The molecule has 0 spiro atoms. The first-order valence-corrected chi connectivity index (χ1v) is 4.78. The number of nitrogens with zero attached hydrogens (tertiary/aromatic N) is 1. The molecule has 0 saturated carbocycles. The fourth-order valence-electron chi connectivity index (χ4n) is 1.43. The molecular weight excluding hydrogens is 190 g/mol. The number of ketones is 1. The van der Waals surface area contributed by atoms with Crippen molar-refractivity contribution in [2.24, 2.45) is 5.92 Å². The third-order valence-corrected chi connectivity index (χ3v) is 3.23. The molecule has 1 aliphatic heterocycles. The highest BCUT2D eigenvalue weighted by Gasteiger charge is 2.45. The van der Waals surface area contributed by atoms with Crippen LogP contribution >= 0.6 is 11.8 Å². The van der Waals surface area contributed by atoms with Gasteiger partial charge < -0.3 is 0 Å². The Balaban J connectivity index is 2.92. The molecule has 1 fully saturated rings. The lowest BCUT2D eigenvalue weighted by Crippen LogP contribution is -2.55. The first-order chi connectivity index (χ1) is 5.91. The maximum Gasteiger partial charge on any atom is 0.241 e. The fraction of sp³-hybridized carbons (Fsp3) is 0.778. The number of hydrogen-bond donors (Lipinski definition) is 0. The van der Waals surface area contributed by atoms with Gasteiger partial charge in [-0.2, -0.15) is 0 Å². The molecule has 0 N–H and O–H groups in total. The minimum absolute atomic E-state index is 0.0361. The molecule has 1 unspecified atom stereocenters. The van der Waals surface area contributed by atoms with Crippen LogP contribution in [0.4, 0.5) is 0 Å². The van der Waals surface area contributed by atoms with Crippen LogP contribution in [0, 0.1) is 5.92 Å². The summed E-state index contributed by atoms with van der Waals surface area (Å²) >= 11 is 5.79. The van der Waals surface area contributed by atoms with Crippen molar-refractivity contribution >= 4 is 23.5 Å². The minimum atomic E-state index is -0.843. The highest BCUT2D eigenvalue weighted by Crippen LogP contribution is 2.31. The largest absolute Gasteiger partial charge is 0.297 e. The molecule has 1 amide bonds. The molecule has 74 valence electrons. The molecule has 1 rings (SSSR count). The van der Waals surface area contributed by atoms with E-state index in [4.69, 9.17) is 11.8 Å². The Labute approximate surface area is 83.2 Å². The van der Waals surface area contributed by atoms with Crippen molar-refractivity contribution in [3.63, 3.8) is 0 Å². The third-order valence-electron chi connectivity index (χ3n) is 2.64. The van der Waals surface area contributed by atoms with Crippen molar-refractivity contribution in [3.8, 4) is 0 Å². The molecule has 1 heterocycles. The van der Waals surface area contributed by atoms with Gasteiger partial charge in [-0.05, 0) is 20.3 Å². The monoisotopic (exact) mass is 203 g/mol. The highest BCUT2D eigenvalue weighted by atomic mass is 35.5. The van der Waals surface area contributed by atoms with Gasteiger partial charge in [0.1, 0.15) is 5.54 Å². The van der Waals surface area contributed by atoms with Gasteiger partial charge in [-0.3, -0.25) is 9.59 Å². The minimum Gasteiger partial charge on any atom is -0.297 e. The van der Waals surface area contributed by atoms with Crippen LogP contribution in [0.25, 0.3) is 0 Å². The van der Waals surface area contributed by atoms with Gasteiger partial charge >= 0.3 is 0 Å². The molecule has 4 heteroatoms. The highest BCUT2D eigenvalue weighted by molar-refractivity contribution is 6.25. The number of carbonyl (C=O) groups excluding carboxylic acids is 2. The summed E-state index contributed by atoms with van der Waals surface area (Å²) in [5.41, 5.74) is -0.843. The van der Waals surface area contributed by atoms with Crippen molar-refractivity contribution in [3.05, 3.63) is 0 Å². The van der Waals surface area contributed by atoms with Gasteiger partial charge in [0.05, 0.1) is 0 Å². The van der Waals surface area contributed by atoms with E-state index in [0.717, 1.165) is 4.42 Å². The van der Waals surface area contributed by atoms with Crippen molar-refractivity contribution < 1.29 is 9.59 Å². The second-order valence-corrected chi connectivity index (χ2v) is 4.25. The van der Waals surface area contributed by atoms with Gasteiger partial charge in [0.25, 0.3) is 0 Å². The molecule has 13 heavy (non-hydrogen) atoms. The van der Waals surface area contributed by atoms with Crippen molar-refractivity contribution in [2.75, 3.05) is 0 Å². The first-order valence-electron chi connectivity index (χ1n) is 4.44. The average Bonchev–Trinajstić information content (AvgIpc) is 2.09. The van der Waals surface area contributed by atoms with E-state index in [0.29, 0.717) is 12.8 Å². The van der Waals surface area contributed by atoms with Gasteiger partial charge in [-0.15, -0.1) is 0 Å². The van der Waals surface area contributed by atoms with E-state index < -0.39 is 5.54 Å². The van der Waals surface area contributed by atoms with E-state index in [1.807, 2.05) is 6.92 Å². The van der Waals surface area contributed by atoms with Gasteiger partial charge in [0.15, 0.2) is 5.78 Å². The van der Waals surface area contributed by atoms with E-state index in [1.54, 1.807) is 13.8 Å². The molecule has 0 aromatic carbocycles. The summed E-state index contributed by atoms with van der Waals surface area (Å²) in [6, 6.07) is 0. The summed E-state index contributed by atoms with van der Waals surface area (Å²) < 4.78 is 1.05. The molecule has 0 aromatic rings. The van der Waals surface area contributed by atoms with Crippen LogP contribution in [0.1, 0.15) is 33.6 Å². The molecule has 1 atom stereocenters. The van der Waals surface area contributed by atoms with Crippen LogP contribution in [-0.4, -0.2) is 21.6 Å². The molecule has 1 aliphatic rings. The Morgan fingerprint density at radius 1 is 1.54 bits per heavy atom. The SMILES string of the molecule is CCC1CC(=O)C(C)(C)N(Cl)C1=O. The van der Waals surface area contributed by atoms with Crippen LogP contribution in [0.15, 0.2) is 0 Å². The van der Waals surface area contributed by atoms with Crippen molar-refractivity contribution in [2.45, 2.75) is 39.2 Å². The molecule has 0 bridgehead atoms. The summed E-state index contributed by atoms with van der Waals surface area (Å²) in [5.74, 6) is -0.319. The van der Waals surface area contributed by atoms with Crippen LogP contribution in [0.5, 0.6) is 0 Å². The summed E-state index contributed by atoms with van der Waals surface area (Å²) in [6.45, 7) is 5.23. The summed E-state index contributed by atoms with van der Waals surface area (Å²) in [4.78, 5) is 23.1. The van der Waals surface area contributed by atoms with E-state index in [2.05, 4.69) is 0 Å². The number of carbonyl (C=O) groups is 2. The second kappa shape index (κ2) is 3.29. The topological polar surface area (TPSA) is 37.4 Å². The Bertz CT molecular complexity index is 250. The Morgan fingerprint density at radius 3 is 2.54 bits per heavy atom. The van der Waals surface area contributed by atoms with Crippen LogP contribution in [0.2, 0.25) is 0 Å². The van der Waals surface area contributed by atoms with E-state index in [9.17, 15) is 9.59 Å². The first kappa shape index (κ1) is 10.5. The Hall–Kier alpha value is -0.570. The zero-order valence-electron chi connectivity index (χ0n) is 8.13. The number of rotatable bonds is 1. The van der Waals surface area contributed by atoms with Gasteiger partial charge in [-0.25, -0.2) is 4.42 Å². The van der Waals surface area contributed by atoms with Gasteiger partial charge in [-0.1, -0.05) is 6.92 Å². The van der Waals surface area contributed by atoms with Crippen molar-refractivity contribution in [1.82, 2.24) is 4.42 Å². The number of halogens is 1. The normalized spacial score (nSPS) is 28.0. The van der Waals surface area contributed by atoms with E-state index >= 15 is 0 Å². The third kappa shape index (κ3) is 1.57. The zero-order chi connectivity index (χ0) is 10.2. The molecule has 1 saturated heterocycles. The van der Waals surface area contributed by atoms with Gasteiger partial charge in [0, 0.05) is 24.1 Å². The standard InChI is InChI=1S/C9H14ClNO2/c1-4-6-5-7(12)9(2,3)11(10)8(6)13/h6H,4-5H2,1-3H3. The fourth-order valence-corrected chi connectivity index (χ4v) is 1.66. The van der Waals surface area contributed by atoms with Crippen LogP contribution in [-0.2, 0) is 9.59 Å². The van der Waals surface area contributed by atoms with E-state index in [-0.39, 0.29) is 17.6 Å². The quantitative estimate of drug-likeness (QED) is 0.609. The number of piperidine rings is 1. The molecule has 0 aromatic heterocycles.